The molecular formula is C23H16O2. The lowest BCUT2D eigenvalue weighted by molar-refractivity contribution is 0.0706. The number of benzene rings is 4. The Morgan fingerprint density at radius 3 is 2.36 bits per heavy atom. The number of rotatable bonds is 3. The van der Waals surface area contributed by atoms with Crippen molar-refractivity contribution in [2.45, 2.75) is 0 Å². The van der Waals surface area contributed by atoms with Crippen molar-refractivity contribution in [1.82, 2.24) is 0 Å². The lowest BCUT2D eigenvalue weighted by Crippen LogP contribution is -2.11. The van der Waals surface area contributed by atoms with Crippen LogP contribution in [0.3, 0.4) is 0 Å². The Labute approximate surface area is 145 Å². The predicted molar refractivity (Wildman–Crippen MR) is 103 cm³/mol. The molecule has 0 amide bonds. The molecule has 0 saturated heterocycles. The minimum atomic E-state index is -0.373. The van der Waals surface area contributed by atoms with Gasteiger partial charge in [-0.05, 0) is 45.3 Å². The maximum Gasteiger partial charge on any atom is 0.342 e. The molecule has 0 saturated carbocycles. The summed E-state index contributed by atoms with van der Waals surface area (Å²) in [6.45, 7) is 3.91. The van der Waals surface area contributed by atoms with Crippen molar-refractivity contribution >= 4 is 39.9 Å². The summed E-state index contributed by atoms with van der Waals surface area (Å²) >= 11 is 0. The van der Waals surface area contributed by atoms with Crippen LogP contribution in [-0.2, 0) is 4.74 Å². The molecule has 0 unspecified atom stereocenters. The smallest absolute Gasteiger partial charge is 0.342 e. The van der Waals surface area contributed by atoms with Gasteiger partial charge in [0.25, 0.3) is 0 Å². The summed E-state index contributed by atoms with van der Waals surface area (Å²) in [5, 5.41) is 5.39. The van der Waals surface area contributed by atoms with Crippen LogP contribution < -0.4 is 5.22 Å². The molecule has 4 rings (SSSR count). The third kappa shape index (κ3) is 2.68. The van der Waals surface area contributed by atoms with Gasteiger partial charge >= 0.3 is 5.97 Å². The zero-order valence-electron chi connectivity index (χ0n) is 13.6. The maximum atomic E-state index is 12.3. The number of ether oxygens (including phenoxy) is 1. The van der Waals surface area contributed by atoms with E-state index in [9.17, 15) is 4.79 Å². The molecular weight excluding hydrogens is 308 g/mol. The molecule has 0 heterocycles. The summed E-state index contributed by atoms with van der Waals surface area (Å²) in [7, 11) is 0. The molecule has 4 aromatic carbocycles. The van der Waals surface area contributed by atoms with Crippen LogP contribution in [0.25, 0.3) is 33.9 Å². The Balaban J connectivity index is 1.90. The van der Waals surface area contributed by atoms with Gasteiger partial charge in [-0.1, -0.05) is 67.3 Å². The first-order valence-corrected chi connectivity index (χ1v) is 8.11. The van der Waals surface area contributed by atoms with E-state index in [4.69, 9.17) is 4.74 Å². The van der Waals surface area contributed by atoms with Crippen LogP contribution in [0.1, 0.15) is 15.9 Å². The van der Waals surface area contributed by atoms with E-state index in [1.807, 2.05) is 36.4 Å². The van der Waals surface area contributed by atoms with E-state index in [2.05, 4.69) is 30.8 Å². The maximum absolute atomic E-state index is 12.3. The van der Waals surface area contributed by atoms with Crippen LogP contribution in [-0.4, -0.2) is 5.97 Å². The quantitative estimate of drug-likeness (QED) is 0.498. The Hall–Kier alpha value is -3.39. The Morgan fingerprint density at radius 2 is 1.60 bits per heavy atom. The Morgan fingerprint density at radius 1 is 0.880 bits per heavy atom. The van der Waals surface area contributed by atoms with Crippen molar-refractivity contribution in [1.29, 1.82) is 0 Å². The van der Waals surface area contributed by atoms with Gasteiger partial charge in [-0.25, -0.2) is 4.79 Å². The average Bonchev–Trinajstić information content (AvgIpc) is 2.67. The molecule has 0 fully saturated rings. The normalized spacial score (nSPS) is 11.8. The first kappa shape index (κ1) is 15.2. The first-order valence-electron chi connectivity index (χ1n) is 8.11. The van der Waals surface area contributed by atoms with Crippen LogP contribution in [0.4, 0.5) is 0 Å². The van der Waals surface area contributed by atoms with Gasteiger partial charge in [-0.2, -0.15) is 0 Å². The van der Waals surface area contributed by atoms with Crippen molar-refractivity contribution in [3.8, 4) is 0 Å². The molecule has 0 bridgehead atoms. The van der Waals surface area contributed by atoms with Crippen LogP contribution in [0, 0.1) is 0 Å². The van der Waals surface area contributed by atoms with E-state index in [1.54, 1.807) is 18.2 Å². The molecule has 0 N–H and O–H groups in total. The van der Waals surface area contributed by atoms with Crippen LogP contribution >= 0.6 is 0 Å². The molecule has 0 aromatic heterocycles. The lowest BCUT2D eigenvalue weighted by atomic mass is 9.96. The molecule has 0 atom stereocenters. The average molecular weight is 324 g/mol. The van der Waals surface area contributed by atoms with Crippen molar-refractivity contribution in [2.24, 2.45) is 0 Å². The second-order valence-corrected chi connectivity index (χ2v) is 5.86. The van der Waals surface area contributed by atoms with Gasteiger partial charge in [-0.3, -0.25) is 0 Å². The highest BCUT2D eigenvalue weighted by atomic mass is 16.5. The minimum Gasteiger partial charge on any atom is -0.430 e. The van der Waals surface area contributed by atoms with Crippen molar-refractivity contribution in [2.75, 3.05) is 0 Å². The highest BCUT2D eigenvalue weighted by molar-refractivity contribution is 6.11. The van der Waals surface area contributed by atoms with Gasteiger partial charge in [0.05, 0.1) is 5.56 Å². The second kappa shape index (κ2) is 6.25. The largest absolute Gasteiger partial charge is 0.430 e. The molecule has 0 spiro atoms. The highest BCUT2D eigenvalue weighted by Crippen LogP contribution is 2.25. The predicted octanol–water partition coefficient (Wildman–Crippen LogP) is 4.95. The second-order valence-electron chi connectivity index (χ2n) is 5.86. The van der Waals surface area contributed by atoms with E-state index < -0.39 is 0 Å². The molecule has 4 aromatic rings. The van der Waals surface area contributed by atoms with E-state index in [-0.39, 0.29) is 5.97 Å². The van der Waals surface area contributed by atoms with E-state index in [0.717, 1.165) is 32.3 Å². The van der Waals surface area contributed by atoms with Gasteiger partial charge in [-0.15, -0.1) is 0 Å². The SMILES string of the molecule is C=Cc1cc2cccc3cccc(c1=COC(=O)c1ccccc1)c32. The summed E-state index contributed by atoms with van der Waals surface area (Å²) in [4.78, 5) is 12.3. The van der Waals surface area contributed by atoms with Crippen molar-refractivity contribution < 1.29 is 9.53 Å². The van der Waals surface area contributed by atoms with Crippen LogP contribution in [0.15, 0.2) is 79.4 Å². The molecule has 0 radical (unpaired) electrons. The van der Waals surface area contributed by atoms with Gasteiger partial charge in [0, 0.05) is 5.22 Å². The fourth-order valence-electron chi connectivity index (χ4n) is 3.17. The number of esters is 1. The standard InChI is InChI=1S/C23H16O2/c1-2-16-14-19-12-6-10-17-11-7-13-20(22(17)19)21(16)15-25-23(24)18-8-4-3-5-9-18/h2-15H,1H2. The third-order valence-corrected chi connectivity index (χ3v) is 4.36. The molecule has 120 valence electrons. The van der Waals surface area contributed by atoms with Gasteiger partial charge < -0.3 is 4.74 Å². The lowest BCUT2D eigenvalue weighted by Gasteiger charge is -2.09. The number of hydrogen-bond acceptors (Lipinski definition) is 2. The summed E-state index contributed by atoms with van der Waals surface area (Å²) < 4.78 is 5.46. The van der Waals surface area contributed by atoms with E-state index >= 15 is 0 Å². The van der Waals surface area contributed by atoms with Gasteiger partial charge in [0.1, 0.15) is 6.26 Å². The van der Waals surface area contributed by atoms with Crippen LogP contribution in [0.5, 0.6) is 0 Å². The fourth-order valence-corrected chi connectivity index (χ4v) is 3.17. The number of carbonyl (C=O) groups excluding carboxylic acids is 1. The number of hydrogen-bond donors (Lipinski definition) is 0. The van der Waals surface area contributed by atoms with Crippen LogP contribution in [0.2, 0.25) is 0 Å². The van der Waals surface area contributed by atoms with Crippen molar-refractivity contribution in [3.05, 3.63) is 95.7 Å². The molecule has 25 heavy (non-hydrogen) atoms. The molecule has 2 nitrogen and oxygen atoms in total. The zero-order valence-corrected chi connectivity index (χ0v) is 13.6. The Bertz CT molecular complexity index is 1140. The van der Waals surface area contributed by atoms with E-state index in [1.165, 1.54) is 6.26 Å². The van der Waals surface area contributed by atoms with Gasteiger partial charge in [0.2, 0.25) is 0 Å². The number of carbonyl (C=O) groups is 1. The molecule has 0 aliphatic rings. The van der Waals surface area contributed by atoms with E-state index in [0.29, 0.717) is 5.56 Å². The summed E-state index contributed by atoms with van der Waals surface area (Å²) in [5.41, 5.74) is 1.46. The van der Waals surface area contributed by atoms with Crippen molar-refractivity contribution in [3.63, 3.8) is 0 Å². The third-order valence-electron chi connectivity index (χ3n) is 4.36. The monoisotopic (exact) mass is 324 g/mol. The fraction of sp³-hybridized carbons (Fsp3) is 0. The zero-order chi connectivity index (χ0) is 17.2. The highest BCUT2D eigenvalue weighted by Gasteiger charge is 2.08. The summed E-state index contributed by atoms with van der Waals surface area (Å²) in [5.74, 6) is -0.373. The molecule has 0 aliphatic heterocycles. The summed E-state index contributed by atoms with van der Waals surface area (Å²) in [6, 6.07) is 23.4. The van der Waals surface area contributed by atoms with Gasteiger partial charge in [0.15, 0.2) is 0 Å². The first-order chi connectivity index (χ1) is 12.3. The summed E-state index contributed by atoms with van der Waals surface area (Å²) in [6.07, 6.45) is 3.32. The molecule has 0 aliphatic carbocycles. The topological polar surface area (TPSA) is 26.3 Å². The Kier molecular flexibility index (Phi) is 3.79. The molecule has 2 heteroatoms. The minimum absolute atomic E-state index is 0.373.